The fourth-order valence-electron chi connectivity index (χ4n) is 1.01. The normalized spacial score (nSPS) is 9.85. The first-order chi connectivity index (χ1) is 8.68. The molecule has 20 heavy (non-hydrogen) atoms. The molecule has 0 saturated carbocycles. The van der Waals surface area contributed by atoms with Crippen molar-refractivity contribution in [2.75, 3.05) is 6.61 Å². The second-order valence-corrected chi connectivity index (χ2v) is 5.03. The van der Waals surface area contributed by atoms with Crippen LogP contribution >= 0.6 is 7.82 Å². The number of carbonyl (C=O) groups excluding carboxylic acids is 1. The van der Waals surface area contributed by atoms with E-state index >= 15 is 0 Å². The fraction of sp³-hybridized carbons (Fsp3) is 0.667. The van der Waals surface area contributed by atoms with Gasteiger partial charge in [-0.2, -0.15) is 12.8 Å². The number of ether oxygens (including phenoxy) is 1. The van der Waals surface area contributed by atoms with Crippen LogP contribution in [0.1, 0.15) is 46.0 Å². The van der Waals surface area contributed by atoms with Crippen LogP contribution in [-0.4, -0.2) is 27.3 Å². The van der Waals surface area contributed by atoms with Crippen LogP contribution < -0.4 is 29.6 Å². The molecule has 0 spiro atoms. The Hall–Kier alpha value is 0.320. The van der Waals surface area contributed by atoms with Gasteiger partial charge >= 0.3 is 43.3 Å². The van der Waals surface area contributed by atoms with Crippen LogP contribution in [0.5, 0.6) is 0 Å². The summed E-state index contributed by atoms with van der Waals surface area (Å²) in [6.45, 7) is 7.87. The van der Waals surface area contributed by atoms with Gasteiger partial charge in [0.2, 0.25) is 0 Å². The largest absolute Gasteiger partial charge is 1.00 e. The molecule has 0 rings (SSSR count). The predicted molar refractivity (Wildman–Crippen MR) is 73.1 cm³/mol. The smallest absolute Gasteiger partial charge is 0.462 e. The summed E-state index contributed by atoms with van der Waals surface area (Å²) in [5.74, 6) is -0.279. The van der Waals surface area contributed by atoms with Crippen LogP contribution in [0.25, 0.3) is 0 Å². The number of esters is 1. The second-order valence-electron chi connectivity index (χ2n) is 4.00. The molecule has 0 aromatic rings. The Morgan fingerprint density at radius 3 is 2.10 bits per heavy atom. The molecule has 0 aromatic heterocycles. The van der Waals surface area contributed by atoms with Gasteiger partial charge in [0, 0.05) is 5.57 Å². The van der Waals surface area contributed by atoms with Crippen molar-refractivity contribution in [3.63, 3.8) is 0 Å². The average molecular weight is 318 g/mol. The van der Waals surface area contributed by atoms with Gasteiger partial charge in [0.25, 0.3) is 0 Å². The molecule has 0 unspecified atom stereocenters. The average Bonchev–Trinajstić information content (AvgIpc) is 2.25. The van der Waals surface area contributed by atoms with Gasteiger partial charge in [-0.25, -0.2) is 9.36 Å². The first kappa shape index (κ1) is 25.3. The molecule has 0 aliphatic heterocycles. The van der Waals surface area contributed by atoms with Crippen LogP contribution in [0.15, 0.2) is 12.2 Å². The van der Waals surface area contributed by atoms with Gasteiger partial charge < -0.3 is 25.8 Å². The Kier molecular flexibility index (Phi) is 19.9. The first-order valence-electron chi connectivity index (χ1n) is 6.11. The van der Waals surface area contributed by atoms with Crippen molar-refractivity contribution in [3.05, 3.63) is 18.6 Å². The molecule has 0 radical (unpaired) electrons. The predicted octanol–water partition coefficient (Wildman–Crippen LogP) is -0.644. The van der Waals surface area contributed by atoms with Crippen LogP contribution in [0.3, 0.4) is 0 Å². The molecule has 0 aliphatic carbocycles. The van der Waals surface area contributed by atoms with Gasteiger partial charge in [-0.05, 0) is 13.3 Å². The number of rotatable bonds is 8. The summed E-state index contributed by atoms with van der Waals surface area (Å²) < 4.78 is 13.8. The molecule has 0 bridgehead atoms. The van der Waals surface area contributed by atoms with Crippen LogP contribution in [-0.2, 0) is 14.1 Å². The van der Waals surface area contributed by atoms with E-state index < -0.39 is 7.82 Å². The molecule has 0 amide bonds. The maximum atomic E-state index is 10.9. The van der Waals surface area contributed by atoms with Gasteiger partial charge in [0.15, 0.2) is 0 Å². The summed E-state index contributed by atoms with van der Waals surface area (Å²) in [7, 11) is -4.64. The zero-order valence-corrected chi connectivity index (χ0v) is 15.4. The Balaban J connectivity index is -0.000000414. The van der Waals surface area contributed by atoms with E-state index in [1.807, 2.05) is 0 Å². The molecular formula is C12H24NaO6P. The van der Waals surface area contributed by atoms with Crippen LogP contribution in [0.2, 0.25) is 0 Å². The maximum Gasteiger partial charge on any atom is 1.00 e. The van der Waals surface area contributed by atoms with Crippen LogP contribution in [0.4, 0.5) is 0 Å². The number of unbranched alkanes of at least 4 members (excludes halogenated alkanes) is 5. The van der Waals surface area contributed by atoms with Gasteiger partial charge in [0.05, 0.1) is 6.61 Å². The minimum Gasteiger partial charge on any atom is -0.462 e. The minimum atomic E-state index is -4.64. The van der Waals surface area contributed by atoms with E-state index in [-0.39, 0.29) is 35.5 Å². The molecule has 0 fully saturated rings. The Morgan fingerprint density at radius 1 is 1.25 bits per heavy atom. The summed E-state index contributed by atoms with van der Waals surface area (Å²) in [6.07, 6.45) is 7.88. The molecule has 0 aliphatic rings. The zero-order valence-electron chi connectivity index (χ0n) is 12.5. The molecule has 3 N–H and O–H groups in total. The van der Waals surface area contributed by atoms with Crippen molar-refractivity contribution in [2.45, 2.75) is 46.0 Å². The molecule has 0 heterocycles. The van der Waals surface area contributed by atoms with E-state index in [1.54, 1.807) is 6.92 Å². The number of hydrogen-bond acceptors (Lipinski definition) is 3. The first-order valence-corrected chi connectivity index (χ1v) is 7.67. The third-order valence-electron chi connectivity index (χ3n) is 1.90. The molecule has 6 nitrogen and oxygen atoms in total. The maximum absolute atomic E-state index is 10.9. The number of phosphoric acid groups is 1. The van der Waals surface area contributed by atoms with Gasteiger partial charge in [-0.1, -0.05) is 26.3 Å². The summed E-state index contributed by atoms with van der Waals surface area (Å²) in [4.78, 5) is 32.5. The third-order valence-corrected chi connectivity index (χ3v) is 1.90. The van der Waals surface area contributed by atoms with Crippen molar-refractivity contribution in [2.24, 2.45) is 0 Å². The molecule has 0 aromatic carbocycles. The summed E-state index contributed by atoms with van der Waals surface area (Å²) >= 11 is 0. The van der Waals surface area contributed by atoms with Crippen molar-refractivity contribution < 1.29 is 58.3 Å². The Labute approximate surface area is 143 Å². The summed E-state index contributed by atoms with van der Waals surface area (Å²) in [5.41, 5.74) is 0.472. The van der Waals surface area contributed by atoms with Crippen LogP contribution in [0, 0.1) is 6.42 Å². The topological polar surface area (TPSA) is 104 Å². The fourth-order valence-corrected chi connectivity index (χ4v) is 1.01. The zero-order chi connectivity index (χ0) is 15.3. The Bertz CT molecular complexity index is 294. The van der Waals surface area contributed by atoms with Crippen molar-refractivity contribution in [1.29, 1.82) is 0 Å². The SMILES string of the molecule is C=C(C)C(=O)OCCC[CH-]CCCC.O=P(O)(O)O.[Na+]. The van der Waals surface area contributed by atoms with E-state index in [0.29, 0.717) is 12.2 Å². The van der Waals surface area contributed by atoms with E-state index in [0.717, 1.165) is 12.8 Å². The summed E-state index contributed by atoms with van der Waals surface area (Å²) in [6, 6.07) is 0. The monoisotopic (exact) mass is 318 g/mol. The van der Waals surface area contributed by atoms with E-state index in [9.17, 15) is 4.79 Å². The second kappa shape index (κ2) is 15.7. The summed E-state index contributed by atoms with van der Waals surface area (Å²) in [5, 5.41) is 0. The molecule has 0 saturated heterocycles. The van der Waals surface area contributed by atoms with Crippen molar-refractivity contribution in [3.8, 4) is 0 Å². The van der Waals surface area contributed by atoms with E-state index in [2.05, 4.69) is 19.9 Å². The van der Waals surface area contributed by atoms with Crippen molar-refractivity contribution >= 4 is 13.8 Å². The van der Waals surface area contributed by atoms with Crippen molar-refractivity contribution in [1.82, 2.24) is 0 Å². The number of carbonyl (C=O) groups is 1. The Morgan fingerprint density at radius 2 is 1.70 bits per heavy atom. The quantitative estimate of drug-likeness (QED) is 0.137. The van der Waals surface area contributed by atoms with Gasteiger partial charge in [-0.15, -0.1) is 0 Å². The molecule has 0 atom stereocenters. The van der Waals surface area contributed by atoms with Gasteiger partial charge in [0.1, 0.15) is 0 Å². The van der Waals surface area contributed by atoms with Gasteiger partial charge in [-0.3, -0.25) is 0 Å². The third kappa shape index (κ3) is 31.0. The number of hydrogen-bond donors (Lipinski definition) is 3. The minimum absolute atomic E-state index is 0. The van der Waals surface area contributed by atoms with E-state index in [4.69, 9.17) is 24.0 Å². The molecule has 114 valence electrons. The molecular weight excluding hydrogens is 294 g/mol. The van der Waals surface area contributed by atoms with E-state index in [1.165, 1.54) is 19.3 Å². The standard InChI is InChI=1S/C12H21O2.Na.H3O4P/c1-4-5-6-7-8-9-10-14-12(13)11(2)3;;1-5(2,3)4/h7H,2,4-6,8-10H2,1,3H3;;(H3,1,2,3,4)/q-1;+1;. The molecule has 8 heteroatoms.